The number of nitrogens with zero attached hydrogens (tertiary/aromatic N) is 3. The van der Waals surface area contributed by atoms with Crippen molar-refractivity contribution in [1.29, 1.82) is 0 Å². The fourth-order valence-electron chi connectivity index (χ4n) is 1.60. The summed E-state index contributed by atoms with van der Waals surface area (Å²) in [5, 5.41) is 0.705. The highest BCUT2D eigenvalue weighted by Crippen LogP contribution is 2.35. The number of rotatable bonds is 2. The zero-order valence-corrected chi connectivity index (χ0v) is 11.3. The molecule has 2 aromatic heterocycles. The summed E-state index contributed by atoms with van der Waals surface area (Å²) in [6, 6.07) is 5.89. The van der Waals surface area contributed by atoms with E-state index in [0.717, 1.165) is 20.8 Å². The zero-order valence-electron chi connectivity index (χ0n) is 9.62. The smallest absolute Gasteiger partial charge is 0.192 e. The fraction of sp³-hybridized carbons (Fsp3) is 0.0833. The van der Waals surface area contributed by atoms with E-state index in [-0.39, 0.29) is 0 Å². The molecule has 0 atom stereocenters. The van der Waals surface area contributed by atoms with Gasteiger partial charge in [0.1, 0.15) is 5.52 Å². The van der Waals surface area contributed by atoms with Crippen molar-refractivity contribution in [3.63, 3.8) is 0 Å². The summed E-state index contributed by atoms with van der Waals surface area (Å²) in [5.74, 6) is 0. The van der Waals surface area contributed by atoms with Gasteiger partial charge in [-0.25, -0.2) is 15.0 Å². The molecule has 0 spiro atoms. The predicted molar refractivity (Wildman–Crippen MR) is 74.9 cm³/mol. The number of hydrogen-bond acceptors (Lipinski definition) is 6. The largest absolute Gasteiger partial charge is 0.396 e. The van der Waals surface area contributed by atoms with E-state index in [1.165, 1.54) is 11.8 Å². The number of nitrogens with two attached hydrogens (primary N) is 1. The molecule has 90 valence electrons. The lowest BCUT2D eigenvalue weighted by atomic mass is 10.3. The molecule has 0 aliphatic carbocycles. The molecule has 1 aromatic carbocycles. The van der Waals surface area contributed by atoms with Gasteiger partial charge >= 0.3 is 0 Å². The van der Waals surface area contributed by atoms with Crippen molar-refractivity contribution >= 4 is 39.0 Å². The van der Waals surface area contributed by atoms with Crippen molar-refractivity contribution in [2.45, 2.75) is 17.0 Å². The van der Waals surface area contributed by atoms with Crippen LogP contribution >= 0.6 is 23.1 Å². The summed E-state index contributed by atoms with van der Waals surface area (Å²) in [7, 11) is 0. The molecule has 0 aliphatic heterocycles. The van der Waals surface area contributed by atoms with Crippen LogP contribution in [-0.4, -0.2) is 15.0 Å². The van der Waals surface area contributed by atoms with E-state index < -0.39 is 0 Å². The average molecular weight is 274 g/mol. The zero-order chi connectivity index (χ0) is 12.5. The number of aromatic nitrogens is 3. The molecule has 6 heteroatoms. The molecule has 3 rings (SSSR count). The van der Waals surface area contributed by atoms with Crippen LogP contribution in [0.15, 0.2) is 40.0 Å². The van der Waals surface area contributed by atoms with E-state index >= 15 is 0 Å². The van der Waals surface area contributed by atoms with E-state index in [0.29, 0.717) is 10.8 Å². The minimum Gasteiger partial charge on any atom is -0.396 e. The number of fused-ring (bicyclic) bond motifs is 1. The van der Waals surface area contributed by atoms with Crippen LogP contribution < -0.4 is 5.73 Å². The van der Waals surface area contributed by atoms with Crippen molar-refractivity contribution in [3.05, 3.63) is 35.6 Å². The Hall–Kier alpha value is -1.66. The molecule has 18 heavy (non-hydrogen) atoms. The topological polar surface area (TPSA) is 64.7 Å². The van der Waals surface area contributed by atoms with E-state index in [1.54, 1.807) is 23.0 Å². The maximum absolute atomic E-state index is 6.12. The molecule has 0 aliphatic rings. The molecule has 0 unspecified atom stereocenters. The molecule has 0 amide bonds. The normalized spacial score (nSPS) is 10.9. The number of aryl methyl sites for hydroxylation is 1. The SMILES string of the molecule is Cc1ccnc(Sc2ccc3scnc3c2N)n1. The third-order valence-electron chi connectivity index (χ3n) is 2.48. The average Bonchev–Trinajstić information content (AvgIpc) is 2.82. The first-order valence-corrected chi connectivity index (χ1v) is 7.03. The molecular formula is C12H10N4S2. The van der Waals surface area contributed by atoms with Gasteiger partial charge in [-0.15, -0.1) is 11.3 Å². The third-order valence-corrected chi connectivity index (χ3v) is 4.22. The van der Waals surface area contributed by atoms with Gasteiger partial charge in [-0.1, -0.05) is 0 Å². The quantitative estimate of drug-likeness (QED) is 0.574. The van der Waals surface area contributed by atoms with Crippen molar-refractivity contribution in [1.82, 2.24) is 15.0 Å². The summed E-state index contributed by atoms with van der Waals surface area (Å²) < 4.78 is 1.10. The number of hydrogen-bond donors (Lipinski definition) is 1. The minimum atomic E-state index is 0.698. The highest BCUT2D eigenvalue weighted by molar-refractivity contribution is 7.99. The minimum absolute atomic E-state index is 0.698. The number of anilines is 1. The maximum atomic E-state index is 6.12. The van der Waals surface area contributed by atoms with Crippen LogP contribution in [-0.2, 0) is 0 Å². The molecule has 0 saturated carbocycles. The molecule has 2 N–H and O–H groups in total. The summed E-state index contributed by atoms with van der Waals surface area (Å²) in [4.78, 5) is 13.8. The fourth-order valence-corrected chi connectivity index (χ4v) is 3.13. The lowest BCUT2D eigenvalue weighted by molar-refractivity contribution is 0.932. The van der Waals surface area contributed by atoms with E-state index in [1.807, 2.05) is 25.1 Å². The van der Waals surface area contributed by atoms with Gasteiger partial charge in [0.05, 0.1) is 15.9 Å². The van der Waals surface area contributed by atoms with Crippen molar-refractivity contribution in [2.24, 2.45) is 0 Å². The Labute approximate surface area is 112 Å². The highest BCUT2D eigenvalue weighted by atomic mass is 32.2. The lowest BCUT2D eigenvalue weighted by Gasteiger charge is -2.04. The van der Waals surface area contributed by atoms with Crippen LogP contribution in [0.2, 0.25) is 0 Å². The van der Waals surface area contributed by atoms with Gasteiger partial charge in [0.2, 0.25) is 0 Å². The van der Waals surface area contributed by atoms with Crippen LogP contribution in [0.25, 0.3) is 10.2 Å². The molecule has 0 radical (unpaired) electrons. The first-order valence-electron chi connectivity index (χ1n) is 5.33. The van der Waals surface area contributed by atoms with Crippen LogP contribution in [0.3, 0.4) is 0 Å². The van der Waals surface area contributed by atoms with Gasteiger partial charge in [0, 0.05) is 16.8 Å². The van der Waals surface area contributed by atoms with Crippen molar-refractivity contribution in [3.8, 4) is 0 Å². The Morgan fingerprint density at radius 2 is 2.11 bits per heavy atom. The van der Waals surface area contributed by atoms with Crippen molar-refractivity contribution in [2.75, 3.05) is 5.73 Å². The second-order valence-electron chi connectivity index (χ2n) is 3.76. The number of benzene rings is 1. The van der Waals surface area contributed by atoms with Gasteiger partial charge < -0.3 is 5.73 Å². The van der Waals surface area contributed by atoms with Crippen LogP contribution in [0.1, 0.15) is 5.69 Å². The molecule has 0 bridgehead atoms. The standard InChI is InChI=1S/C12H10N4S2/c1-7-4-5-14-12(16-7)18-8-2-3-9-11(10(8)13)15-6-17-9/h2-6H,13H2,1H3. The first-order chi connectivity index (χ1) is 8.74. The Morgan fingerprint density at radius 1 is 1.22 bits per heavy atom. The molecule has 2 heterocycles. The summed E-state index contributed by atoms with van der Waals surface area (Å²) in [6.07, 6.45) is 1.75. The van der Waals surface area contributed by atoms with Gasteiger partial charge in [0.25, 0.3) is 0 Å². The first kappa shape index (κ1) is 11.4. The second kappa shape index (κ2) is 4.55. The Balaban J connectivity index is 2.02. The van der Waals surface area contributed by atoms with E-state index in [9.17, 15) is 0 Å². The highest BCUT2D eigenvalue weighted by Gasteiger charge is 2.09. The summed E-state index contributed by atoms with van der Waals surface area (Å²) in [5.41, 5.74) is 10.4. The van der Waals surface area contributed by atoms with Gasteiger partial charge in [-0.2, -0.15) is 0 Å². The molecule has 0 fully saturated rings. The molecule has 3 aromatic rings. The molecule has 4 nitrogen and oxygen atoms in total. The van der Waals surface area contributed by atoms with Gasteiger partial charge in [-0.05, 0) is 36.9 Å². The number of nitrogen functional groups attached to an aromatic ring is 1. The van der Waals surface area contributed by atoms with Crippen LogP contribution in [0.5, 0.6) is 0 Å². The van der Waals surface area contributed by atoms with Crippen LogP contribution in [0, 0.1) is 6.92 Å². The van der Waals surface area contributed by atoms with E-state index in [2.05, 4.69) is 15.0 Å². The van der Waals surface area contributed by atoms with E-state index in [4.69, 9.17) is 5.73 Å². The Kier molecular flexibility index (Phi) is 2.89. The second-order valence-corrected chi connectivity index (χ2v) is 5.65. The summed E-state index contributed by atoms with van der Waals surface area (Å²) >= 11 is 3.05. The van der Waals surface area contributed by atoms with Gasteiger partial charge in [-0.3, -0.25) is 0 Å². The van der Waals surface area contributed by atoms with Gasteiger partial charge in [0.15, 0.2) is 5.16 Å². The third kappa shape index (κ3) is 2.04. The molecular weight excluding hydrogens is 264 g/mol. The lowest BCUT2D eigenvalue weighted by Crippen LogP contribution is -1.92. The molecule has 0 saturated heterocycles. The predicted octanol–water partition coefficient (Wildman–Crippen LogP) is 3.13. The Bertz CT molecular complexity index is 708. The Morgan fingerprint density at radius 3 is 2.94 bits per heavy atom. The van der Waals surface area contributed by atoms with Crippen molar-refractivity contribution < 1.29 is 0 Å². The number of thiazole rings is 1. The van der Waals surface area contributed by atoms with Crippen LogP contribution in [0.4, 0.5) is 5.69 Å². The monoisotopic (exact) mass is 274 g/mol. The summed E-state index contributed by atoms with van der Waals surface area (Å²) in [6.45, 7) is 1.94. The maximum Gasteiger partial charge on any atom is 0.192 e.